The summed E-state index contributed by atoms with van der Waals surface area (Å²) >= 11 is 0. The van der Waals surface area contributed by atoms with E-state index in [0.717, 1.165) is 12.1 Å². The molecule has 0 bridgehead atoms. The summed E-state index contributed by atoms with van der Waals surface area (Å²) < 4.78 is 4.76. The predicted molar refractivity (Wildman–Crippen MR) is 56.2 cm³/mol. The third kappa shape index (κ3) is 3.00. The molecule has 7 heteroatoms. The Morgan fingerprint density at radius 1 is 1.47 bits per heavy atom. The molecule has 0 radical (unpaired) electrons. The quantitative estimate of drug-likeness (QED) is 0.358. The second kappa shape index (κ2) is 5.06. The molecule has 0 atom stereocenters. The van der Waals surface area contributed by atoms with Gasteiger partial charge in [0.2, 0.25) is 0 Å². The van der Waals surface area contributed by atoms with Crippen molar-refractivity contribution in [1.29, 1.82) is 0 Å². The maximum atomic E-state index is 11.4. The van der Waals surface area contributed by atoms with E-state index >= 15 is 0 Å². The predicted octanol–water partition coefficient (Wildman–Crippen LogP) is 1.26. The van der Waals surface area contributed by atoms with Gasteiger partial charge in [-0.15, -0.1) is 0 Å². The number of aliphatic carboxylic acids is 1. The Morgan fingerprint density at radius 2 is 2.12 bits per heavy atom. The van der Waals surface area contributed by atoms with Crippen LogP contribution >= 0.6 is 0 Å². The standard InChI is InChI=1S/C10H9NO6/c1-17-9-4-6(8(12)5-10(13)14)2-3-7(9)11(15)16/h2-4H,5H2,1H3,(H,13,14). The number of hydrogen-bond acceptors (Lipinski definition) is 5. The molecule has 0 amide bonds. The summed E-state index contributed by atoms with van der Waals surface area (Å²) in [4.78, 5) is 31.7. The summed E-state index contributed by atoms with van der Waals surface area (Å²) in [5, 5.41) is 19.0. The Kier molecular flexibility index (Phi) is 3.76. The fourth-order valence-corrected chi connectivity index (χ4v) is 1.24. The number of hydrogen-bond donors (Lipinski definition) is 1. The number of carbonyl (C=O) groups is 2. The van der Waals surface area contributed by atoms with Crippen molar-refractivity contribution >= 4 is 17.4 Å². The number of carboxylic acids is 1. The summed E-state index contributed by atoms with van der Waals surface area (Å²) in [6.07, 6.45) is -0.666. The van der Waals surface area contributed by atoms with Gasteiger partial charge in [0.05, 0.1) is 12.0 Å². The number of ketones is 1. The zero-order valence-electron chi connectivity index (χ0n) is 8.87. The van der Waals surface area contributed by atoms with Gasteiger partial charge in [0.1, 0.15) is 6.42 Å². The third-order valence-electron chi connectivity index (χ3n) is 2.01. The molecule has 0 aromatic heterocycles. The SMILES string of the molecule is COc1cc(C(=O)CC(=O)O)ccc1[N+](=O)[O-]. The van der Waals surface area contributed by atoms with Gasteiger partial charge >= 0.3 is 11.7 Å². The van der Waals surface area contributed by atoms with Gasteiger partial charge in [-0.2, -0.15) is 0 Å². The number of rotatable bonds is 5. The van der Waals surface area contributed by atoms with Crippen LogP contribution < -0.4 is 4.74 Å². The third-order valence-corrected chi connectivity index (χ3v) is 2.01. The molecule has 1 aromatic carbocycles. The first-order valence-corrected chi connectivity index (χ1v) is 4.53. The molecule has 0 heterocycles. The Balaban J connectivity index is 3.09. The number of benzene rings is 1. The number of methoxy groups -OCH3 is 1. The molecular formula is C10H9NO6. The van der Waals surface area contributed by atoms with Crippen molar-refractivity contribution in [2.75, 3.05) is 7.11 Å². The van der Waals surface area contributed by atoms with E-state index in [4.69, 9.17) is 9.84 Å². The molecule has 7 nitrogen and oxygen atoms in total. The summed E-state index contributed by atoms with van der Waals surface area (Å²) in [6.45, 7) is 0. The van der Waals surface area contributed by atoms with Gasteiger partial charge in [0.15, 0.2) is 11.5 Å². The number of ether oxygens (including phenoxy) is 1. The lowest BCUT2D eigenvalue weighted by Gasteiger charge is -2.03. The van der Waals surface area contributed by atoms with Gasteiger partial charge in [0.25, 0.3) is 0 Å². The van der Waals surface area contributed by atoms with Crippen molar-refractivity contribution in [3.8, 4) is 5.75 Å². The first-order chi connectivity index (χ1) is 7.95. The number of carboxylic acid groups (broad SMARTS) is 1. The highest BCUT2D eigenvalue weighted by atomic mass is 16.6. The van der Waals surface area contributed by atoms with Gasteiger partial charge in [-0.1, -0.05) is 0 Å². The topological polar surface area (TPSA) is 107 Å². The van der Waals surface area contributed by atoms with E-state index in [-0.39, 0.29) is 17.0 Å². The highest BCUT2D eigenvalue weighted by molar-refractivity contribution is 6.05. The molecule has 0 saturated carbocycles. The molecular weight excluding hydrogens is 230 g/mol. The van der Waals surface area contributed by atoms with E-state index in [9.17, 15) is 19.7 Å². The van der Waals surface area contributed by atoms with Gasteiger partial charge in [-0.3, -0.25) is 19.7 Å². The monoisotopic (exact) mass is 239 g/mol. The number of nitro groups is 1. The first kappa shape index (κ1) is 12.6. The van der Waals surface area contributed by atoms with Gasteiger partial charge in [-0.25, -0.2) is 0 Å². The average molecular weight is 239 g/mol. The number of carbonyl (C=O) groups excluding carboxylic acids is 1. The van der Waals surface area contributed by atoms with Crippen molar-refractivity contribution in [2.45, 2.75) is 6.42 Å². The van der Waals surface area contributed by atoms with E-state index in [1.165, 1.54) is 13.2 Å². The summed E-state index contributed by atoms with van der Waals surface area (Å²) in [6, 6.07) is 3.46. The Labute approximate surface area is 95.8 Å². The van der Waals surface area contributed by atoms with Crippen LogP contribution in [0.4, 0.5) is 5.69 Å². The number of nitrogens with zero attached hydrogens (tertiary/aromatic N) is 1. The van der Waals surface area contributed by atoms with Crippen LogP contribution in [0.3, 0.4) is 0 Å². The summed E-state index contributed by atoms with van der Waals surface area (Å²) in [7, 11) is 1.23. The molecule has 0 aliphatic heterocycles. The zero-order chi connectivity index (χ0) is 13.0. The highest BCUT2D eigenvalue weighted by Gasteiger charge is 2.18. The fourth-order valence-electron chi connectivity index (χ4n) is 1.24. The largest absolute Gasteiger partial charge is 0.490 e. The van der Waals surface area contributed by atoms with Crippen LogP contribution in [-0.2, 0) is 4.79 Å². The minimum absolute atomic E-state index is 0.0647. The molecule has 90 valence electrons. The molecule has 1 aromatic rings. The minimum Gasteiger partial charge on any atom is -0.490 e. The second-order valence-corrected chi connectivity index (χ2v) is 3.14. The number of Topliss-reactive ketones (excluding diaryl/α,β-unsaturated/α-hetero) is 1. The lowest BCUT2D eigenvalue weighted by molar-refractivity contribution is -0.385. The van der Waals surface area contributed by atoms with Crippen LogP contribution in [0.25, 0.3) is 0 Å². The molecule has 0 saturated heterocycles. The molecule has 0 spiro atoms. The lowest BCUT2D eigenvalue weighted by atomic mass is 10.1. The molecule has 0 aliphatic carbocycles. The molecule has 17 heavy (non-hydrogen) atoms. The van der Waals surface area contributed by atoms with E-state index in [2.05, 4.69) is 0 Å². The van der Waals surface area contributed by atoms with E-state index in [1.54, 1.807) is 0 Å². The van der Waals surface area contributed by atoms with Crippen LogP contribution in [-0.4, -0.2) is 28.9 Å². The van der Waals surface area contributed by atoms with Crippen molar-refractivity contribution in [1.82, 2.24) is 0 Å². The van der Waals surface area contributed by atoms with Crippen molar-refractivity contribution in [3.63, 3.8) is 0 Å². The lowest BCUT2D eigenvalue weighted by Crippen LogP contribution is -2.07. The molecule has 0 unspecified atom stereocenters. The molecule has 0 aliphatic rings. The second-order valence-electron chi connectivity index (χ2n) is 3.14. The molecule has 1 rings (SSSR count). The van der Waals surface area contributed by atoms with Crippen LogP contribution in [0.2, 0.25) is 0 Å². The smallest absolute Gasteiger partial charge is 0.311 e. The number of nitro benzene ring substituents is 1. The van der Waals surface area contributed by atoms with Gasteiger partial charge < -0.3 is 9.84 Å². The first-order valence-electron chi connectivity index (χ1n) is 4.53. The maximum Gasteiger partial charge on any atom is 0.311 e. The van der Waals surface area contributed by atoms with Crippen molar-refractivity contribution in [2.24, 2.45) is 0 Å². The Hall–Kier alpha value is -2.44. The van der Waals surface area contributed by atoms with Crippen molar-refractivity contribution in [3.05, 3.63) is 33.9 Å². The normalized spacial score (nSPS) is 9.71. The molecule has 0 fully saturated rings. The highest BCUT2D eigenvalue weighted by Crippen LogP contribution is 2.27. The zero-order valence-corrected chi connectivity index (χ0v) is 8.87. The molecule has 1 N–H and O–H groups in total. The van der Waals surface area contributed by atoms with Crippen LogP contribution in [0.5, 0.6) is 5.75 Å². The average Bonchev–Trinajstić information content (AvgIpc) is 2.27. The maximum absolute atomic E-state index is 11.4. The fraction of sp³-hybridized carbons (Fsp3) is 0.200. The Bertz CT molecular complexity index is 482. The minimum atomic E-state index is -1.26. The van der Waals surface area contributed by atoms with Crippen LogP contribution in [0, 0.1) is 10.1 Å². The van der Waals surface area contributed by atoms with Gasteiger partial charge in [-0.05, 0) is 12.1 Å². The summed E-state index contributed by atoms with van der Waals surface area (Å²) in [5.41, 5.74) is -0.214. The van der Waals surface area contributed by atoms with Gasteiger partial charge in [0, 0.05) is 11.6 Å². The van der Waals surface area contributed by atoms with Crippen molar-refractivity contribution < 1.29 is 24.4 Å². The van der Waals surface area contributed by atoms with E-state index < -0.39 is 23.1 Å². The van der Waals surface area contributed by atoms with E-state index in [1.807, 2.05) is 0 Å². The van der Waals surface area contributed by atoms with E-state index in [0.29, 0.717) is 0 Å². The summed E-state index contributed by atoms with van der Waals surface area (Å²) in [5.74, 6) is -1.97. The van der Waals surface area contributed by atoms with Crippen LogP contribution in [0.1, 0.15) is 16.8 Å². The Morgan fingerprint density at radius 3 is 2.59 bits per heavy atom. The van der Waals surface area contributed by atoms with Crippen LogP contribution in [0.15, 0.2) is 18.2 Å².